The van der Waals surface area contributed by atoms with Crippen LogP contribution in [0.2, 0.25) is 5.02 Å². The number of hydrogen-bond donors (Lipinski definition) is 2. The largest absolute Gasteiger partial charge is 0.487 e. The van der Waals surface area contributed by atoms with Crippen molar-refractivity contribution < 1.29 is 17.9 Å². The molecule has 1 heterocycles. The van der Waals surface area contributed by atoms with E-state index in [9.17, 15) is 13.2 Å². The minimum atomic E-state index is -3.49. The molecule has 2 aliphatic rings. The van der Waals surface area contributed by atoms with Crippen LogP contribution < -0.4 is 14.8 Å². The van der Waals surface area contributed by atoms with Gasteiger partial charge in [-0.05, 0) is 69.0 Å². The zero-order valence-corrected chi connectivity index (χ0v) is 19.7. The highest BCUT2D eigenvalue weighted by atomic mass is 35.5. The monoisotopic (exact) mass is 474 g/mol. The predicted molar refractivity (Wildman–Crippen MR) is 127 cm³/mol. The van der Waals surface area contributed by atoms with Gasteiger partial charge in [-0.1, -0.05) is 29.8 Å². The molecule has 1 unspecified atom stereocenters. The van der Waals surface area contributed by atoms with Crippen LogP contribution in [0.25, 0.3) is 6.08 Å². The van der Waals surface area contributed by atoms with Crippen LogP contribution >= 0.6 is 11.6 Å². The van der Waals surface area contributed by atoms with Gasteiger partial charge in [0.1, 0.15) is 11.4 Å². The number of para-hydroxylation sites is 1. The summed E-state index contributed by atoms with van der Waals surface area (Å²) in [6.45, 7) is 3.22. The number of rotatable bonds is 6. The zero-order chi connectivity index (χ0) is 22.9. The minimum Gasteiger partial charge on any atom is -0.487 e. The number of sulfonamides is 1. The summed E-state index contributed by atoms with van der Waals surface area (Å²) < 4.78 is 33.3. The van der Waals surface area contributed by atoms with Crippen molar-refractivity contribution in [2.24, 2.45) is 0 Å². The molecule has 1 aliphatic heterocycles. The topological polar surface area (TPSA) is 84.5 Å². The fraction of sp³-hybridized carbons (Fsp3) is 0.375. The van der Waals surface area contributed by atoms with Crippen molar-refractivity contribution >= 4 is 39.3 Å². The van der Waals surface area contributed by atoms with Crippen molar-refractivity contribution in [3.8, 4) is 5.75 Å². The third-order valence-electron chi connectivity index (χ3n) is 6.08. The number of carbonyl (C=O) groups excluding carboxylic acids is 1. The highest BCUT2D eigenvalue weighted by Crippen LogP contribution is 2.49. The highest BCUT2D eigenvalue weighted by Gasteiger charge is 2.45. The summed E-state index contributed by atoms with van der Waals surface area (Å²) in [6.07, 6.45) is 6.80. The first kappa shape index (κ1) is 22.7. The Labute approximate surface area is 194 Å². The first-order valence-corrected chi connectivity index (χ1v) is 12.7. The molecule has 4 rings (SSSR count). The van der Waals surface area contributed by atoms with Crippen molar-refractivity contribution in [1.82, 2.24) is 5.32 Å². The average molecular weight is 475 g/mol. The van der Waals surface area contributed by atoms with Gasteiger partial charge in [-0.25, -0.2) is 8.42 Å². The van der Waals surface area contributed by atoms with Crippen LogP contribution in [0.4, 0.5) is 5.69 Å². The number of hydrogen-bond acceptors (Lipinski definition) is 4. The van der Waals surface area contributed by atoms with Gasteiger partial charge >= 0.3 is 0 Å². The molecule has 0 saturated heterocycles. The summed E-state index contributed by atoms with van der Waals surface area (Å²) in [5.41, 5.74) is 1.70. The van der Waals surface area contributed by atoms with Crippen LogP contribution in [0.1, 0.15) is 56.7 Å². The van der Waals surface area contributed by atoms with Crippen LogP contribution in [0, 0.1) is 0 Å². The molecule has 6 nitrogen and oxygen atoms in total. The quantitative estimate of drug-likeness (QED) is 0.572. The molecule has 0 bridgehead atoms. The van der Waals surface area contributed by atoms with E-state index in [1.165, 1.54) is 6.08 Å². The number of fused-ring (bicyclic) bond motifs is 1. The lowest BCUT2D eigenvalue weighted by Crippen LogP contribution is -2.49. The molecule has 170 valence electrons. The molecule has 1 spiro atoms. The van der Waals surface area contributed by atoms with Gasteiger partial charge in [0.15, 0.2) is 0 Å². The molecule has 1 amide bonds. The van der Waals surface area contributed by atoms with Gasteiger partial charge in [0.2, 0.25) is 15.9 Å². The fourth-order valence-corrected chi connectivity index (χ4v) is 4.95. The number of ether oxygens (including phenoxy) is 1. The third-order valence-corrected chi connectivity index (χ3v) is 8.06. The fourth-order valence-electron chi connectivity index (χ4n) is 4.04. The Kier molecular flexibility index (Phi) is 6.23. The summed E-state index contributed by atoms with van der Waals surface area (Å²) in [7, 11) is -3.49. The average Bonchev–Trinajstić information content (AvgIpc) is 2.72. The number of benzene rings is 2. The smallest absolute Gasteiger partial charge is 0.244 e. The van der Waals surface area contributed by atoms with Gasteiger partial charge in [0.25, 0.3) is 0 Å². The Hall–Kier alpha value is -2.51. The van der Waals surface area contributed by atoms with Crippen LogP contribution in [-0.4, -0.2) is 25.2 Å². The molecule has 0 aromatic heterocycles. The normalized spacial score (nSPS) is 19.3. The summed E-state index contributed by atoms with van der Waals surface area (Å²) in [6, 6.07) is 12.3. The van der Waals surface area contributed by atoms with E-state index in [0.717, 1.165) is 30.6 Å². The van der Waals surface area contributed by atoms with Gasteiger partial charge in [0.05, 0.1) is 17.0 Å². The molecule has 32 heavy (non-hydrogen) atoms. The molecule has 2 aromatic carbocycles. The van der Waals surface area contributed by atoms with E-state index in [2.05, 4.69) is 10.0 Å². The highest BCUT2D eigenvalue weighted by molar-refractivity contribution is 7.93. The number of amides is 1. The standard InChI is InChI=1S/C24H27ClN2O4S/c1-16(2)32(29,30)27-20-7-4-3-6-17(20)8-11-23(28)26-21-15-24(12-5-13-24)31-22-10-9-18(25)14-19(21)22/h3-4,6-11,14,16,21,27H,5,12-13,15H2,1-2H3,(H,26,28). The summed E-state index contributed by atoms with van der Waals surface area (Å²) >= 11 is 6.19. The van der Waals surface area contributed by atoms with E-state index < -0.39 is 15.3 Å². The molecule has 2 aromatic rings. The second kappa shape index (κ2) is 8.79. The lowest BCUT2D eigenvalue weighted by molar-refractivity contribution is -0.118. The van der Waals surface area contributed by atoms with Crippen LogP contribution in [-0.2, 0) is 14.8 Å². The van der Waals surface area contributed by atoms with Gasteiger partial charge in [-0.3, -0.25) is 9.52 Å². The molecular formula is C24H27ClN2O4S. The van der Waals surface area contributed by atoms with Crippen LogP contribution in [0.3, 0.4) is 0 Å². The number of anilines is 1. The Morgan fingerprint density at radius 1 is 1.22 bits per heavy atom. The maximum Gasteiger partial charge on any atom is 0.244 e. The molecular weight excluding hydrogens is 448 g/mol. The van der Waals surface area contributed by atoms with Crippen molar-refractivity contribution in [2.45, 2.75) is 56.4 Å². The lowest BCUT2D eigenvalue weighted by atomic mass is 9.73. The molecule has 1 fully saturated rings. The number of carbonyl (C=O) groups is 1. The SMILES string of the molecule is CC(C)S(=O)(=O)Nc1ccccc1C=CC(=O)NC1CC2(CCC2)Oc2ccc(Cl)cc21. The van der Waals surface area contributed by atoms with Crippen molar-refractivity contribution in [3.63, 3.8) is 0 Å². The van der Waals surface area contributed by atoms with Crippen molar-refractivity contribution in [1.29, 1.82) is 0 Å². The van der Waals surface area contributed by atoms with Gasteiger partial charge in [0, 0.05) is 23.1 Å². The first-order valence-electron chi connectivity index (χ1n) is 10.8. The van der Waals surface area contributed by atoms with Crippen molar-refractivity contribution in [3.05, 3.63) is 64.7 Å². The molecule has 1 atom stereocenters. The van der Waals surface area contributed by atoms with E-state index in [1.807, 2.05) is 12.1 Å². The maximum absolute atomic E-state index is 12.8. The Balaban J connectivity index is 1.52. The van der Waals surface area contributed by atoms with E-state index in [1.54, 1.807) is 50.3 Å². The van der Waals surface area contributed by atoms with E-state index in [-0.39, 0.29) is 17.6 Å². The number of halogens is 1. The zero-order valence-electron chi connectivity index (χ0n) is 18.1. The molecule has 1 aliphatic carbocycles. The van der Waals surface area contributed by atoms with Gasteiger partial charge in [-0.15, -0.1) is 0 Å². The molecule has 1 saturated carbocycles. The Morgan fingerprint density at radius 3 is 2.66 bits per heavy atom. The number of nitrogens with one attached hydrogen (secondary N) is 2. The van der Waals surface area contributed by atoms with E-state index in [4.69, 9.17) is 16.3 Å². The Bertz CT molecular complexity index is 1160. The Morgan fingerprint density at radius 2 is 1.97 bits per heavy atom. The summed E-state index contributed by atoms with van der Waals surface area (Å²) in [5.74, 6) is 0.502. The maximum atomic E-state index is 12.8. The molecule has 0 radical (unpaired) electrons. The summed E-state index contributed by atoms with van der Waals surface area (Å²) in [5, 5.41) is 3.11. The minimum absolute atomic E-state index is 0.204. The van der Waals surface area contributed by atoms with Crippen molar-refractivity contribution in [2.75, 3.05) is 4.72 Å². The lowest BCUT2D eigenvalue weighted by Gasteiger charge is -2.48. The first-order chi connectivity index (χ1) is 15.2. The third kappa shape index (κ3) is 4.79. The second-order valence-corrected chi connectivity index (χ2v) is 11.4. The van der Waals surface area contributed by atoms with Gasteiger partial charge in [-0.2, -0.15) is 0 Å². The van der Waals surface area contributed by atoms with E-state index in [0.29, 0.717) is 22.7 Å². The van der Waals surface area contributed by atoms with E-state index >= 15 is 0 Å². The van der Waals surface area contributed by atoms with Gasteiger partial charge < -0.3 is 10.1 Å². The molecule has 8 heteroatoms. The predicted octanol–water partition coefficient (Wildman–Crippen LogP) is 5.07. The second-order valence-electron chi connectivity index (χ2n) is 8.70. The van der Waals surface area contributed by atoms with Crippen LogP contribution in [0.5, 0.6) is 5.75 Å². The summed E-state index contributed by atoms with van der Waals surface area (Å²) in [4.78, 5) is 12.8. The molecule has 2 N–H and O–H groups in total. The van der Waals surface area contributed by atoms with Crippen LogP contribution in [0.15, 0.2) is 48.5 Å².